The van der Waals surface area contributed by atoms with Crippen LogP contribution in [0.15, 0.2) is 47.4 Å². The first-order chi connectivity index (χ1) is 11.0. The highest BCUT2D eigenvalue weighted by molar-refractivity contribution is 7.85. The average molecular weight is 355 g/mol. The highest BCUT2D eigenvalue weighted by atomic mass is 32.2. The minimum atomic E-state index is -4.70. The summed E-state index contributed by atoms with van der Waals surface area (Å²) >= 11 is 0. The van der Waals surface area contributed by atoms with Gasteiger partial charge in [0.05, 0.1) is 10.5 Å². The van der Waals surface area contributed by atoms with Gasteiger partial charge >= 0.3 is 11.9 Å². The Bertz CT molecular complexity index is 859. The first-order valence-electron chi connectivity index (χ1n) is 6.20. The van der Waals surface area contributed by atoms with E-state index in [9.17, 15) is 22.6 Å². The SMILES string of the molecule is O=C(O)c1cc(S(=O)(=O)[O-])ccc1O.[NH3+]c1ccc(C(=O)O)cc1. The van der Waals surface area contributed by atoms with E-state index in [2.05, 4.69) is 5.73 Å². The number of aromatic hydroxyl groups is 1. The molecule has 0 heterocycles. The normalized spacial score (nSPS) is 10.4. The van der Waals surface area contributed by atoms with Gasteiger partial charge in [0.25, 0.3) is 0 Å². The van der Waals surface area contributed by atoms with Crippen molar-refractivity contribution in [3.05, 3.63) is 53.6 Å². The molecular formula is C14H13NO8S. The van der Waals surface area contributed by atoms with Crippen molar-refractivity contribution in [2.45, 2.75) is 4.90 Å². The maximum Gasteiger partial charge on any atom is 0.339 e. The molecule has 0 saturated carbocycles. The van der Waals surface area contributed by atoms with Crippen molar-refractivity contribution in [2.24, 2.45) is 0 Å². The second-order valence-corrected chi connectivity index (χ2v) is 5.82. The van der Waals surface area contributed by atoms with Gasteiger partial charge in [-0.3, -0.25) is 0 Å². The van der Waals surface area contributed by atoms with E-state index in [1.165, 1.54) is 12.1 Å². The summed E-state index contributed by atoms with van der Waals surface area (Å²) in [6.07, 6.45) is 0. The number of hydrogen-bond donors (Lipinski definition) is 4. The van der Waals surface area contributed by atoms with Gasteiger partial charge in [0.2, 0.25) is 0 Å². The van der Waals surface area contributed by atoms with E-state index in [1.807, 2.05) is 0 Å². The Hall–Kier alpha value is -2.95. The van der Waals surface area contributed by atoms with Crippen LogP contribution in [0.3, 0.4) is 0 Å². The first-order valence-corrected chi connectivity index (χ1v) is 7.60. The van der Waals surface area contributed by atoms with Gasteiger partial charge in [0.15, 0.2) is 0 Å². The molecule has 10 heteroatoms. The summed E-state index contributed by atoms with van der Waals surface area (Å²) in [6, 6.07) is 8.70. The molecule has 0 aliphatic carbocycles. The van der Waals surface area contributed by atoms with Crippen LogP contribution in [0.1, 0.15) is 20.7 Å². The fraction of sp³-hybridized carbons (Fsp3) is 0. The summed E-state index contributed by atoms with van der Waals surface area (Å²) in [5, 5.41) is 25.9. The first kappa shape index (κ1) is 19.1. The molecule has 0 amide bonds. The van der Waals surface area contributed by atoms with Crippen molar-refractivity contribution in [1.82, 2.24) is 0 Å². The van der Waals surface area contributed by atoms with E-state index < -0.39 is 38.3 Å². The molecule has 2 aromatic carbocycles. The minimum absolute atomic E-state index is 0.299. The quantitative estimate of drug-likeness (QED) is 0.565. The molecule has 0 unspecified atom stereocenters. The molecule has 0 atom stereocenters. The number of rotatable bonds is 3. The lowest BCUT2D eigenvalue weighted by Gasteiger charge is -2.08. The molecule has 128 valence electrons. The van der Waals surface area contributed by atoms with Crippen molar-refractivity contribution in [3.8, 4) is 5.75 Å². The van der Waals surface area contributed by atoms with Crippen LogP contribution < -0.4 is 5.73 Å². The molecule has 9 nitrogen and oxygen atoms in total. The molecule has 0 aromatic heterocycles. The van der Waals surface area contributed by atoms with E-state index in [0.717, 1.165) is 17.8 Å². The zero-order chi connectivity index (χ0) is 18.5. The number of phenols is 1. The fourth-order valence-corrected chi connectivity index (χ4v) is 1.99. The van der Waals surface area contributed by atoms with Crippen LogP contribution in [0.4, 0.5) is 5.69 Å². The number of carboxylic acids is 2. The second-order valence-electron chi connectivity index (χ2n) is 4.44. The summed E-state index contributed by atoms with van der Waals surface area (Å²) in [6.45, 7) is 0. The van der Waals surface area contributed by atoms with E-state index in [4.69, 9.17) is 15.3 Å². The predicted octanol–water partition coefficient (Wildman–Crippen LogP) is 0.253. The maximum atomic E-state index is 10.5. The van der Waals surface area contributed by atoms with E-state index in [0.29, 0.717) is 11.6 Å². The Morgan fingerprint density at radius 1 is 0.958 bits per heavy atom. The van der Waals surface area contributed by atoms with Crippen LogP contribution in [0.5, 0.6) is 5.75 Å². The van der Waals surface area contributed by atoms with Crippen molar-refractivity contribution >= 4 is 27.7 Å². The Morgan fingerprint density at radius 2 is 1.50 bits per heavy atom. The number of carbonyl (C=O) groups is 2. The van der Waals surface area contributed by atoms with Gasteiger partial charge in [-0.05, 0) is 42.5 Å². The van der Waals surface area contributed by atoms with Crippen LogP contribution in [-0.4, -0.2) is 40.2 Å². The summed E-state index contributed by atoms with van der Waals surface area (Å²) in [4.78, 5) is 20.0. The highest BCUT2D eigenvalue weighted by Gasteiger charge is 2.12. The lowest BCUT2D eigenvalue weighted by molar-refractivity contribution is -0.254. The smallest absolute Gasteiger partial charge is 0.339 e. The lowest BCUT2D eigenvalue weighted by atomic mass is 10.2. The number of aromatic carboxylic acids is 2. The molecule has 6 N–H and O–H groups in total. The van der Waals surface area contributed by atoms with Crippen molar-refractivity contribution in [1.29, 1.82) is 0 Å². The van der Waals surface area contributed by atoms with Crippen molar-refractivity contribution in [3.63, 3.8) is 0 Å². The molecule has 0 fully saturated rings. The van der Waals surface area contributed by atoms with Crippen molar-refractivity contribution < 1.29 is 43.6 Å². The summed E-state index contributed by atoms with van der Waals surface area (Å²) in [7, 11) is -4.70. The Balaban J connectivity index is 0.000000254. The Kier molecular flexibility index (Phi) is 6.01. The third kappa shape index (κ3) is 5.35. The Morgan fingerprint density at radius 3 is 1.92 bits per heavy atom. The molecule has 2 aromatic rings. The fourth-order valence-electron chi connectivity index (χ4n) is 1.49. The van der Waals surface area contributed by atoms with Crippen LogP contribution in [0.2, 0.25) is 0 Å². The minimum Gasteiger partial charge on any atom is -0.744 e. The van der Waals surface area contributed by atoms with Crippen LogP contribution in [0, 0.1) is 0 Å². The molecule has 0 aliphatic rings. The third-order valence-corrected chi connectivity index (χ3v) is 3.52. The standard InChI is InChI=1S/C7H7NO2.C7H6O6S/c8-6-3-1-5(2-4-6)7(9)10;8-6-2-1-4(14(11,12)13)3-5(6)7(9)10/h1-4H,8H2,(H,9,10);1-3,8H,(H,9,10)(H,11,12,13). The van der Waals surface area contributed by atoms with E-state index in [-0.39, 0.29) is 0 Å². The largest absolute Gasteiger partial charge is 0.744 e. The zero-order valence-electron chi connectivity index (χ0n) is 12.0. The molecule has 0 bridgehead atoms. The monoisotopic (exact) mass is 355 g/mol. The van der Waals surface area contributed by atoms with Crippen molar-refractivity contribution in [2.75, 3.05) is 0 Å². The summed E-state index contributed by atoms with van der Waals surface area (Å²) < 4.78 is 31.5. The number of benzene rings is 2. The number of carboxylic acid groups (broad SMARTS) is 2. The lowest BCUT2D eigenvalue weighted by Crippen LogP contribution is -2.39. The predicted molar refractivity (Wildman–Crippen MR) is 79.0 cm³/mol. The van der Waals surface area contributed by atoms with Crippen LogP contribution >= 0.6 is 0 Å². The van der Waals surface area contributed by atoms with Gasteiger partial charge in [-0.15, -0.1) is 0 Å². The molecule has 0 aliphatic heterocycles. The molecule has 0 radical (unpaired) electrons. The average Bonchev–Trinajstić information content (AvgIpc) is 2.47. The third-order valence-electron chi connectivity index (χ3n) is 2.69. The van der Waals surface area contributed by atoms with Gasteiger partial charge in [0, 0.05) is 0 Å². The van der Waals surface area contributed by atoms with Gasteiger partial charge in [-0.1, -0.05) is 0 Å². The van der Waals surface area contributed by atoms with Crippen LogP contribution in [-0.2, 0) is 10.1 Å². The molecular weight excluding hydrogens is 342 g/mol. The molecule has 0 spiro atoms. The van der Waals surface area contributed by atoms with Gasteiger partial charge in [-0.2, -0.15) is 0 Å². The molecule has 0 saturated heterocycles. The van der Waals surface area contributed by atoms with Crippen LogP contribution in [0.25, 0.3) is 0 Å². The topological polar surface area (TPSA) is 180 Å². The van der Waals surface area contributed by atoms with Gasteiger partial charge < -0.3 is 25.6 Å². The van der Waals surface area contributed by atoms with Gasteiger partial charge in [0.1, 0.15) is 27.1 Å². The summed E-state index contributed by atoms with van der Waals surface area (Å²) in [5.41, 5.74) is 4.13. The zero-order valence-corrected chi connectivity index (χ0v) is 12.9. The Labute approximate surface area is 136 Å². The molecule has 2 rings (SSSR count). The number of hydrogen-bond acceptors (Lipinski definition) is 6. The number of quaternary nitrogens is 1. The molecule has 24 heavy (non-hydrogen) atoms. The highest BCUT2D eigenvalue weighted by Crippen LogP contribution is 2.20. The van der Waals surface area contributed by atoms with Gasteiger partial charge in [-0.25, -0.2) is 18.0 Å². The summed E-state index contributed by atoms with van der Waals surface area (Å²) in [5.74, 6) is -3.00. The van der Waals surface area contributed by atoms with E-state index >= 15 is 0 Å². The maximum absolute atomic E-state index is 10.5. The van der Waals surface area contributed by atoms with E-state index in [1.54, 1.807) is 12.1 Å². The second kappa shape index (κ2) is 7.55.